The number of ether oxygens (including phenoxy) is 1. The van der Waals surface area contributed by atoms with Crippen LogP contribution >= 0.6 is 0 Å². The van der Waals surface area contributed by atoms with E-state index >= 15 is 0 Å². The molecule has 5 heteroatoms. The number of hydrogen-bond donors (Lipinski definition) is 2. The van der Waals surface area contributed by atoms with Crippen molar-refractivity contribution >= 4 is 12.1 Å². The van der Waals surface area contributed by atoms with Crippen molar-refractivity contribution in [2.45, 2.75) is 45.8 Å². The van der Waals surface area contributed by atoms with Gasteiger partial charge in [0.1, 0.15) is 6.04 Å². The van der Waals surface area contributed by atoms with Crippen molar-refractivity contribution in [3.8, 4) is 0 Å². The van der Waals surface area contributed by atoms with Gasteiger partial charge in [-0.3, -0.25) is 0 Å². The van der Waals surface area contributed by atoms with Gasteiger partial charge in [-0.25, -0.2) is 9.59 Å². The van der Waals surface area contributed by atoms with Crippen LogP contribution in [0.2, 0.25) is 0 Å². The first-order chi connectivity index (χ1) is 6.47. The Labute approximate surface area is 83.4 Å². The average molecular weight is 203 g/mol. The Morgan fingerprint density at radius 3 is 2.36 bits per heavy atom. The van der Waals surface area contributed by atoms with Gasteiger partial charge < -0.3 is 15.2 Å². The summed E-state index contributed by atoms with van der Waals surface area (Å²) in [5.41, 5.74) is 0. The van der Waals surface area contributed by atoms with E-state index in [0.29, 0.717) is 12.8 Å². The molecule has 0 aromatic heterocycles. The summed E-state index contributed by atoms with van der Waals surface area (Å²) in [4.78, 5) is 21.7. The summed E-state index contributed by atoms with van der Waals surface area (Å²) in [6.45, 7) is 5.26. The van der Waals surface area contributed by atoms with Crippen LogP contribution in [0.1, 0.15) is 33.6 Å². The summed E-state index contributed by atoms with van der Waals surface area (Å²) in [5, 5.41) is 11.0. The minimum absolute atomic E-state index is 0.244. The molecule has 0 rings (SSSR count). The molecule has 0 aliphatic carbocycles. The van der Waals surface area contributed by atoms with Gasteiger partial charge in [0.25, 0.3) is 0 Å². The Hall–Kier alpha value is -1.26. The summed E-state index contributed by atoms with van der Waals surface area (Å²) >= 11 is 0. The second-order valence-electron chi connectivity index (χ2n) is 3.28. The third-order valence-corrected chi connectivity index (χ3v) is 1.51. The van der Waals surface area contributed by atoms with Crippen molar-refractivity contribution in [2.24, 2.45) is 0 Å². The number of rotatable bonds is 5. The van der Waals surface area contributed by atoms with Gasteiger partial charge in [-0.05, 0) is 20.3 Å². The highest BCUT2D eigenvalue weighted by Crippen LogP contribution is 1.98. The Morgan fingerprint density at radius 1 is 1.43 bits per heavy atom. The summed E-state index contributed by atoms with van der Waals surface area (Å²) < 4.78 is 4.76. The largest absolute Gasteiger partial charge is 0.480 e. The number of carboxylic acids is 1. The third kappa shape index (κ3) is 5.40. The maximum Gasteiger partial charge on any atom is 0.408 e. The van der Waals surface area contributed by atoms with E-state index in [9.17, 15) is 9.59 Å². The van der Waals surface area contributed by atoms with E-state index in [0.717, 1.165) is 0 Å². The second kappa shape index (κ2) is 6.23. The second-order valence-corrected chi connectivity index (χ2v) is 3.28. The van der Waals surface area contributed by atoms with Crippen LogP contribution in [0.15, 0.2) is 0 Å². The van der Waals surface area contributed by atoms with Crippen molar-refractivity contribution in [1.82, 2.24) is 5.32 Å². The lowest BCUT2D eigenvalue weighted by Crippen LogP contribution is -2.41. The van der Waals surface area contributed by atoms with Crippen LogP contribution in [0.25, 0.3) is 0 Å². The highest BCUT2D eigenvalue weighted by Gasteiger charge is 2.19. The zero-order valence-corrected chi connectivity index (χ0v) is 8.74. The van der Waals surface area contributed by atoms with Gasteiger partial charge in [-0.15, -0.1) is 0 Å². The molecular formula is C9H17NO4. The minimum atomic E-state index is -1.03. The van der Waals surface area contributed by atoms with Crippen LogP contribution in [-0.2, 0) is 9.53 Å². The predicted molar refractivity (Wildman–Crippen MR) is 51.1 cm³/mol. The topological polar surface area (TPSA) is 75.6 Å². The van der Waals surface area contributed by atoms with E-state index in [2.05, 4.69) is 5.32 Å². The first-order valence-corrected chi connectivity index (χ1v) is 4.67. The van der Waals surface area contributed by atoms with E-state index in [1.54, 1.807) is 13.8 Å². The molecule has 14 heavy (non-hydrogen) atoms. The molecule has 5 nitrogen and oxygen atoms in total. The van der Waals surface area contributed by atoms with Gasteiger partial charge in [0.05, 0.1) is 6.10 Å². The van der Waals surface area contributed by atoms with Gasteiger partial charge in [0, 0.05) is 0 Å². The number of carbonyl (C=O) groups excluding carboxylic acids is 1. The Kier molecular flexibility index (Phi) is 5.67. The molecule has 82 valence electrons. The monoisotopic (exact) mass is 203 g/mol. The normalized spacial score (nSPS) is 12.3. The predicted octanol–water partition coefficient (Wildman–Crippen LogP) is 1.37. The SMILES string of the molecule is CCCC(NC(=O)OC(C)C)C(=O)O. The van der Waals surface area contributed by atoms with Gasteiger partial charge in [-0.1, -0.05) is 13.3 Å². The smallest absolute Gasteiger partial charge is 0.408 e. The molecule has 0 aliphatic heterocycles. The first-order valence-electron chi connectivity index (χ1n) is 4.67. The van der Waals surface area contributed by atoms with Crippen LogP contribution < -0.4 is 5.32 Å². The molecule has 0 fully saturated rings. The van der Waals surface area contributed by atoms with E-state index in [1.165, 1.54) is 0 Å². The molecule has 1 atom stereocenters. The number of aliphatic carboxylic acids is 1. The number of carboxylic acid groups (broad SMARTS) is 1. The molecule has 0 bridgehead atoms. The quantitative estimate of drug-likeness (QED) is 0.707. The van der Waals surface area contributed by atoms with E-state index in [1.807, 2.05) is 6.92 Å². The lowest BCUT2D eigenvalue weighted by atomic mass is 10.2. The maximum absolute atomic E-state index is 11.0. The van der Waals surface area contributed by atoms with Gasteiger partial charge in [0.15, 0.2) is 0 Å². The van der Waals surface area contributed by atoms with E-state index in [-0.39, 0.29) is 6.10 Å². The van der Waals surface area contributed by atoms with Crippen LogP contribution in [0, 0.1) is 0 Å². The number of alkyl carbamates (subject to hydrolysis) is 1. The maximum atomic E-state index is 11.0. The van der Waals surface area contributed by atoms with Crippen molar-refractivity contribution in [2.75, 3.05) is 0 Å². The number of amides is 1. The molecule has 0 saturated heterocycles. The molecule has 0 aromatic carbocycles. The first kappa shape index (κ1) is 12.7. The number of carbonyl (C=O) groups is 2. The molecule has 0 spiro atoms. The third-order valence-electron chi connectivity index (χ3n) is 1.51. The molecule has 0 saturated carbocycles. The Balaban J connectivity index is 4.02. The summed E-state index contributed by atoms with van der Waals surface area (Å²) in [6, 6.07) is -0.855. The molecule has 0 aromatic rings. The fourth-order valence-corrected chi connectivity index (χ4v) is 0.936. The van der Waals surface area contributed by atoms with Crippen LogP contribution in [0.3, 0.4) is 0 Å². The number of hydrogen-bond acceptors (Lipinski definition) is 3. The fraction of sp³-hybridized carbons (Fsp3) is 0.778. The van der Waals surface area contributed by atoms with E-state index in [4.69, 9.17) is 9.84 Å². The molecule has 1 unspecified atom stereocenters. The standard InChI is InChI=1S/C9H17NO4/c1-4-5-7(8(11)12)10-9(13)14-6(2)3/h6-7H,4-5H2,1-3H3,(H,10,13)(H,11,12). The molecule has 2 N–H and O–H groups in total. The highest BCUT2D eigenvalue weighted by atomic mass is 16.6. The summed E-state index contributed by atoms with van der Waals surface area (Å²) in [6.07, 6.45) is 0.175. The van der Waals surface area contributed by atoms with Crippen molar-refractivity contribution in [3.05, 3.63) is 0 Å². The average Bonchev–Trinajstić information content (AvgIpc) is 2.01. The fourth-order valence-electron chi connectivity index (χ4n) is 0.936. The van der Waals surface area contributed by atoms with Crippen molar-refractivity contribution < 1.29 is 19.4 Å². The lowest BCUT2D eigenvalue weighted by Gasteiger charge is -2.14. The molecule has 0 radical (unpaired) electrons. The summed E-state index contributed by atoms with van der Waals surface area (Å²) in [7, 11) is 0. The molecule has 1 amide bonds. The van der Waals surface area contributed by atoms with Crippen LogP contribution in [-0.4, -0.2) is 29.3 Å². The van der Waals surface area contributed by atoms with E-state index < -0.39 is 18.1 Å². The Bertz CT molecular complexity index is 203. The minimum Gasteiger partial charge on any atom is -0.480 e. The molecular weight excluding hydrogens is 186 g/mol. The molecule has 0 aliphatic rings. The van der Waals surface area contributed by atoms with Crippen molar-refractivity contribution in [1.29, 1.82) is 0 Å². The summed E-state index contributed by atoms with van der Waals surface area (Å²) in [5.74, 6) is -1.03. The van der Waals surface area contributed by atoms with Gasteiger partial charge >= 0.3 is 12.1 Å². The Morgan fingerprint density at radius 2 is 2.00 bits per heavy atom. The van der Waals surface area contributed by atoms with Crippen LogP contribution in [0.5, 0.6) is 0 Å². The zero-order valence-electron chi connectivity index (χ0n) is 8.74. The zero-order chi connectivity index (χ0) is 11.1. The lowest BCUT2D eigenvalue weighted by molar-refractivity contribution is -0.139. The van der Waals surface area contributed by atoms with Gasteiger partial charge in [0.2, 0.25) is 0 Å². The van der Waals surface area contributed by atoms with Gasteiger partial charge in [-0.2, -0.15) is 0 Å². The van der Waals surface area contributed by atoms with Crippen molar-refractivity contribution in [3.63, 3.8) is 0 Å². The number of nitrogens with one attached hydrogen (secondary N) is 1. The molecule has 0 heterocycles. The van der Waals surface area contributed by atoms with Crippen LogP contribution in [0.4, 0.5) is 4.79 Å². The highest BCUT2D eigenvalue weighted by molar-refractivity contribution is 5.79.